The van der Waals surface area contributed by atoms with Crippen LogP contribution in [-0.2, 0) is 0 Å². The average Bonchev–Trinajstić information content (AvgIpc) is 2.19. The van der Waals surface area contributed by atoms with Gasteiger partial charge in [0.2, 0.25) is 0 Å². The highest BCUT2D eigenvalue weighted by Crippen LogP contribution is 2.24. The van der Waals surface area contributed by atoms with Crippen molar-refractivity contribution >= 4 is 0 Å². The van der Waals surface area contributed by atoms with E-state index >= 15 is 0 Å². The van der Waals surface area contributed by atoms with Gasteiger partial charge in [-0.1, -0.05) is 19.4 Å². The molecule has 2 nitrogen and oxygen atoms in total. The minimum atomic E-state index is -0.602. The Morgan fingerprint density at radius 3 is 2.47 bits per heavy atom. The number of halogens is 2. The van der Waals surface area contributed by atoms with Crippen molar-refractivity contribution in [3.63, 3.8) is 0 Å². The van der Waals surface area contributed by atoms with E-state index < -0.39 is 17.7 Å². The molecule has 2 atom stereocenters. The zero-order valence-electron chi connectivity index (χ0n) is 8.71. The molecule has 0 fully saturated rings. The summed E-state index contributed by atoms with van der Waals surface area (Å²) >= 11 is 0. The van der Waals surface area contributed by atoms with Crippen LogP contribution in [0.2, 0.25) is 0 Å². The lowest BCUT2D eigenvalue weighted by molar-refractivity contribution is 0.413. The molecule has 0 aliphatic carbocycles. The summed E-state index contributed by atoms with van der Waals surface area (Å²) in [6.07, 6.45) is 0.772. The van der Waals surface area contributed by atoms with E-state index in [2.05, 4.69) is 0 Å². The van der Waals surface area contributed by atoms with E-state index in [1.165, 1.54) is 12.1 Å². The van der Waals surface area contributed by atoms with Gasteiger partial charge in [0.05, 0.1) is 0 Å². The molecule has 84 valence electrons. The molecule has 0 saturated heterocycles. The van der Waals surface area contributed by atoms with E-state index in [0.717, 1.165) is 12.5 Å². The summed E-state index contributed by atoms with van der Waals surface area (Å²) in [5, 5.41) is 0. The van der Waals surface area contributed by atoms with E-state index in [1.54, 1.807) is 0 Å². The predicted octanol–water partition coefficient (Wildman–Crippen LogP) is 1.95. The maximum atomic E-state index is 13.4. The molecule has 0 aliphatic rings. The maximum Gasteiger partial charge on any atom is 0.130 e. The van der Waals surface area contributed by atoms with Crippen molar-refractivity contribution in [2.75, 3.05) is 6.54 Å². The van der Waals surface area contributed by atoms with Crippen molar-refractivity contribution in [2.45, 2.75) is 19.4 Å². The van der Waals surface area contributed by atoms with Gasteiger partial charge in [0, 0.05) is 17.7 Å². The molecule has 4 N–H and O–H groups in total. The van der Waals surface area contributed by atoms with Gasteiger partial charge in [0.25, 0.3) is 0 Å². The molecule has 15 heavy (non-hydrogen) atoms. The van der Waals surface area contributed by atoms with Gasteiger partial charge in [0.15, 0.2) is 0 Å². The maximum absolute atomic E-state index is 13.4. The third kappa shape index (κ3) is 2.73. The van der Waals surface area contributed by atoms with Gasteiger partial charge in [-0.3, -0.25) is 0 Å². The first-order chi connectivity index (χ1) is 7.10. The zero-order valence-corrected chi connectivity index (χ0v) is 8.71. The number of benzene rings is 1. The van der Waals surface area contributed by atoms with Crippen LogP contribution in [0.5, 0.6) is 0 Å². The van der Waals surface area contributed by atoms with Crippen LogP contribution in [0.4, 0.5) is 8.78 Å². The van der Waals surface area contributed by atoms with Crippen molar-refractivity contribution in [3.05, 3.63) is 35.4 Å². The molecule has 4 heteroatoms. The van der Waals surface area contributed by atoms with Crippen LogP contribution in [0.3, 0.4) is 0 Å². The molecule has 0 radical (unpaired) electrons. The molecule has 0 saturated carbocycles. The van der Waals surface area contributed by atoms with Gasteiger partial charge in [-0.25, -0.2) is 8.78 Å². The third-order valence-electron chi connectivity index (χ3n) is 2.66. The highest BCUT2D eigenvalue weighted by atomic mass is 19.1. The summed E-state index contributed by atoms with van der Waals surface area (Å²) in [4.78, 5) is 0. The van der Waals surface area contributed by atoms with Crippen molar-refractivity contribution < 1.29 is 8.78 Å². The lowest BCUT2D eigenvalue weighted by Gasteiger charge is -2.21. The minimum absolute atomic E-state index is 0.0185. The van der Waals surface area contributed by atoms with Crippen LogP contribution in [0.1, 0.15) is 24.9 Å². The number of hydrogen-bond donors (Lipinski definition) is 2. The predicted molar refractivity (Wildman–Crippen MR) is 56.1 cm³/mol. The Morgan fingerprint density at radius 2 is 2.00 bits per heavy atom. The van der Waals surface area contributed by atoms with E-state index in [0.29, 0.717) is 12.1 Å². The second-order valence-electron chi connectivity index (χ2n) is 3.60. The molecule has 0 bridgehead atoms. The Kier molecular flexibility index (Phi) is 4.17. The van der Waals surface area contributed by atoms with Crippen molar-refractivity contribution in [3.8, 4) is 0 Å². The van der Waals surface area contributed by atoms with Crippen LogP contribution in [0.25, 0.3) is 0 Å². The quantitative estimate of drug-likeness (QED) is 0.804. The standard InChI is InChI=1S/C11H16F2N2/c1-2-7(6-14)11(15)9-4-3-8(12)5-10(9)13/h3-5,7,11H,2,6,14-15H2,1H3. The molecular formula is C11H16F2N2. The molecule has 0 aromatic heterocycles. The van der Waals surface area contributed by atoms with Gasteiger partial charge in [0.1, 0.15) is 11.6 Å². The van der Waals surface area contributed by atoms with Crippen molar-refractivity contribution in [1.29, 1.82) is 0 Å². The topological polar surface area (TPSA) is 52.0 Å². The first kappa shape index (κ1) is 12.1. The lowest BCUT2D eigenvalue weighted by atomic mass is 9.91. The van der Waals surface area contributed by atoms with E-state index in [-0.39, 0.29) is 5.92 Å². The summed E-state index contributed by atoms with van der Waals surface area (Å²) in [6, 6.07) is 2.97. The van der Waals surface area contributed by atoms with Crippen LogP contribution in [-0.4, -0.2) is 6.54 Å². The summed E-state index contributed by atoms with van der Waals surface area (Å²) in [6.45, 7) is 2.34. The Bertz CT molecular complexity index is 324. The molecule has 0 heterocycles. The first-order valence-corrected chi connectivity index (χ1v) is 5.00. The molecule has 1 rings (SSSR count). The Morgan fingerprint density at radius 1 is 1.33 bits per heavy atom. The van der Waals surface area contributed by atoms with Crippen molar-refractivity contribution in [1.82, 2.24) is 0 Å². The summed E-state index contributed by atoms with van der Waals surface area (Å²) in [7, 11) is 0. The minimum Gasteiger partial charge on any atom is -0.330 e. The molecule has 0 aliphatic heterocycles. The summed E-state index contributed by atoms with van der Waals surface area (Å²) in [5.41, 5.74) is 11.7. The fourth-order valence-electron chi connectivity index (χ4n) is 1.59. The van der Waals surface area contributed by atoms with Gasteiger partial charge in [-0.2, -0.15) is 0 Å². The smallest absolute Gasteiger partial charge is 0.130 e. The zero-order chi connectivity index (χ0) is 11.4. The average molecular weight is 214 g/mol. The second-order valence-corrected chi connectivity index (χ2v) is 3.60. The molecule has 1 aromatic carbocycles. The first-order valence-electron chi connectivity index (χ1n) is 5.00. The molecule has 2 unspecified atom stereocenters. The van der Waals surface area contributed by atoms with Crippen LogP contribution < -0.4 is 11.5 Å². The number of nitrogens with two attached hydrogens (primary N) is 2. The number of hydrogen-bond acceptors (Lipinski definition) is 2. The van der Waals surface area contributed by atoms with Gasteiger partial charge >= 0.3 is 0 Å². The Labute approximate surface area is 88.3 Å². The van der Waals surface area contributed by atoms with Crippen LogP contribution >= 0.6 is 0 Å². The van der Waals surface area contributed by atoms with E-state index in [9.17, 15) is 8.78 Å². The highest BCUT2D eigenvalue weighted by molar-refractivity contribution is 5.22. The largest absolute Gasteiger partial charge is 0.330 e. The van der Waals surface area contributed by atoms with Crippen LogP contribution in [0, 0.1) is 17.6 Å². The fraction of sp³-hybridized carbons (Fsp3) is 0.455. The fourth-order valence-corrected chi connectivity index (χ4v) is 1.59. The van der Waals surface area contributed by atoms with Crippen LogP contribution in [0.15, 0.2) is 18.2 Å². The molecular weight excluding hydrogens is 198 g/mol. The molecule has 0 amide bonds. The van der Waals surface area contributed by atoms with E-state index in [4.69, 9.17) is 11.5 Å². The van der Waals surface area contributed by atoms with Gasteiger partial charge < -0.3 is 11.5 Å². The molecule has 0 spiro atoms. The van der Waals surface area contributed by atoms with Crippen molar-refractivity contribution in [2.24, 2.45) is 17.4 Å². The number of rotatable bonds is 4. The SMILES string of the molecule is CCC(CN)C(N)c1ccc(F)cc1F. The summed E-state index contributed by atoms with van der Waals surface area (Å²) < 4.78 is 26.0. The monoisotopic (exact) mass is 214 g/mol. The highest BCUT2D eigenvalue weighted by Gasteiger charge is 2.19. The van der Waals surface area contributed by atoms with E-state index in [1.807, 2.05) is 6.92 Å². The second kappa shape index (κ2) is 5.19. The summed E-state index contributed by atoms with van der Waals surface area (Å²) in [5.74, 6) is -1.18. The normalized spacial score (nSPS) is 15.0. The molecule has 1 aromatic rings. The van der Waals surface area contributed by atoms with Gasteiger partial charge in [-0.05, 0) is 18.5 Å². The Hall–Kier alpha value is -1.00. The Balaban J connectivity index is 2.94. The lowest BCUT2D eigenvalue weighted by Crippen LogP contribution is -2.28. The third-order valence-corrected chi connectivity index (χ3v) is 2.66. The van der Waals surface area contributed by atoms with Gasteiger partial charge in [-0.15, -0.1) is 0 Å².